The Bertz CT molecular complexity index is 1090. The van der Waals surface area contributed by atoms with Gasteiger partial charge in [0, 0.05) is 6.54 Å². The Labute approximate surface area is 156 Å². The third kappa shape index (κ3) is 2.73. The number of benzene rings is 2. The molecule has 1 unspecified atom stereocenters. The standard InChI is InChI=1S/C21H18FN5/c22-17-10-5-4-9-16(17)21-24-23-19-12-13-20(25-27(19)21)26-14-6-11-18(26)15-7-2-1-3-8-15/h1-5,7-10,12-13,18H,6,11,14H2. The van der Waals surface area contributed by atoms with Crippen LogP contribution in [0.1, 0.15) is 24.4 Å². The molecule has 0 N–H and O–H groups in total. The smallest absolute Gasteiger partial charge is 0.188 e. The second-order valence-electron chi connectivity index (χ2n) is 6.73. The van der Waals surface area contributed by atoms with Crippen molar-refractivity contribution >= 4 is 11.5 Å². The van der Waals surface area contributed by atoms with Crippen molar-refractivity contribution in [2.75, 3.05) is 11.4 Å². The van der Waals surface area contributed by atoms with E-state index in [1.807, 2.05) is 18.2 Å². The Morgan fingerprint density at radius 2 is 1.70 bits per heavy atom. The highest BCUT2D eigenvalue weighted by Crippen LogP contribution is 2.35. The van der Waals surface area contributed by atoms with Crippen LogP contribution in [0, 0.1) is 5.82 Å². The van der Waals surface area contributed by atoms with Crippen LogP contribution in [0.3, 0.4) is 0 Å². The topological polar surface area (TPSA) is 46.3 Å². The lowest BCUT2D eigenvalue weighted by molar-refractivity contribution is 0.629. The Kier molecular flexibility index (Phi) is 3.81. The van der Waals surface area contributed by atoms with Crippen molar-refractivity contribution in [2.45, 2.75) is 18.9 Å². The predicted molar refractivity (Wildman–Crippen MR) is 102 cm³/mol. The van der Waals surface area contributed by atoms with Gasteiger partial charge in [0.15, 0.2) is 11.5 Å². The highest BCUT2D eigenvalue weighted by molar-refractivity contribution is 5.60. The summed E-state index contributed by atoms with van der Waals surface area (Å²) in [5, 5.41) is 13.1. The summed E-state index contributed by atoms with van der Waals surface area (Å²) in [5.74, 6) is 0.939. The Morgan fingerprint density at radius 3 is 2.56 bits per heavy atom. The molecule has 3 heterocycles. The Balaban J connectivity index is 1.59. The largest absolute Gasteiger partial charge is 0.348 e. The normalized spacial score (nSPS) is 16.9. The number of hydrogen-bond donors (Lipinski definition) is 0. The molecule has 5 rings (SSSR count). The van der Waals surface area contributed by atoms with Crippen LogP contribution in [0.2, 0.25) is 0 Å². The van der Waals surface area contributed by atoms with Crippen LogP contribution in [0.5, 0.6) is 0 Å². The second-order valence-corrected chi connectivity index (χ2v) is 6.73. The van der Waals surface area contributed by atoms with E-state index in [2.05, 4.69) is 39.4 Å². The van der Waals surface area contributed by atoms with Gasteiger partial charge in [0.25, 0.3) is 0 Å². The Morgan fingerprint density at radius 1 is 0.889 bits per heavy atom. The van der Waals surface area contributed by atoms with E-state index >= 15 is 0 Å². The zero-order chi connectivity index (χ0) is 18.2. The summed E-state index contributed by atoms with van der Waals surface area (Å²) in [4.78, 5) is 2.31. The van der Waals surface area contributed by atoms with Gasteiger partial charge in [-0.05, 0) is 42.7 Å². The zero-order valence-corrected chi connectivity index (χ0v) is 14.7. The van der Waals surface area contributed by atoms with Gasteiger partial charge >= 0.3 is 0 Å². The molecule has 134 valence electrons. The van der Waals surface area contributed by atoms with Crippen molar-refractivity contribution in [3.63, 3.8) is 0 Å². The van der Waals surface area contributed by atoms with Crippen molar-refractivity contribution < 1.29 is 4.39 Å². The average Bonchev–Trinajstić information content (AvgIpc) is 3.36. The van der Waals surface area contributed by atoms with E-state index in [9.17, 15) is 4.39 Å². The van der Waals surface area contributed by atoms with E-state index in [0.717, 1.165) is 25.2 Å². The number of aromatic nitrogens is 4. The molecule has 0 aliphatic carbocycles. The number of rotatable bonds is 3. The lowest BCUT2D eigenvalue weighted by atomic mass is 10.0. The van der Waals surface area contributed by atoms with Crippen molar-refractivity contribution in [3.05, 3.63) is 78.1 Å². The maximum atomic E-state index is 14.2. The lowest BCUT2D eigenvalue weighted by Crippen LogP contribution is -2.24. The molecular weight excluding hydrogens is 341 g/mol. The van der Waals surface area contributed by atoms with Gasteiger partial charge < -0.3 is 4.90 Å². The fourth-order valence-corrected chi connectivity index (χ4v) is 3.81. The minimum absolute atomic E-state index is 0.296. The number of nitrogens with zero attached hydrogens (tertiary/aromatic N) is 5. The zero-order valence-electron chi connectivity index (χ0n) is 14.7. The highest BCUT2D eigenvalue weighted by atomic mass is 19.1. The van der Waals surface area contributed by atoms with Crippen molar-refractivity contribution in [3.8, 4) is 11.4 Å². The first-order valence-electron chi connectivity index (χ1n) is 9.10. The predicted octanol–water partition coefficient (Wildman–Crippen LogP) is 4.27. The third-order valence-electron chi connectivity index (χ3n) is 5.09. The van der Waals surface area contributed by atoms with Crippen LogP contribution in [-0.2, 0) is 0 Å². The van der Waals surface area contributed by atoms with Gasteiger partial charge in [-0.2, -0.15) is 4.52 Å². The molecule has 6 heteroatoms. The van der Waals surface area contributed by atoms with Crippen LogP contribution in [-0.4, -0.2) is 26.4 Å². The number of fused-ring (bicyclic) bond motifs is 1. The molecule has 1 aliphatic heterocycles. The van der Waals surface area contributed by atoms with E-state index in [1.54, 1.807) is 22.7 Å². The molecule has 1 fully saturated rings. The molecule has 0 saturated carbocycles. The van der Waals surface area contributed by atoms with E-state index in [-0.39, 0.29) is 5.82 Å². The maximum absolute atomic E-state index is 14.2. The maximum Gasteiger partial charge on any atom is 0.188 e. The fourth-order valence-electron chi connectivity index (χ4n) is 3.81. The number of hydrogen-bond acceptors (Lipinski definition) is 4. The molecule has 1 atom stereocenters. The Hall–Kier alpha value is -3.28. The van der Waals surface area contributed by atoms with E-state index in [0.29, 0.717) is 23.1 Å². The molecule has 1 saturated heterocycles. The SMILES string of the molecule is Fc1ccccc1-c1nnc2ccc(N3CCCC3c3ccccc3)nn12. The molecule has 2 aromatic carbocycles. The summed E-state index contributed by atoms with van der Waals surface area (Å²) >= 11 is 0. The molecule has 5 nitrogen and oxygen atoms in total. The van der Waals surface area contributed by atoms with E-state index in [1.165, 1.54) is 11.6 Å². The van der Waals surface area contributed by atoms with Crippen molar-refractivity contribution in [1.29, 1.82) is 0 Å². The average molecular weight is 359 g/mol. The van der Waals surface area contributed by atoms with Crippen LogP contribution >= 0.6 is 0 Å². The summed E-state index contributed by atoms with van der Waals surface area (Å²) in [6.45, 7) is 0.940. The summed E-state index contributed by atoms with van der Waals surface area (Å²) < 4.78 is 15.9. The highest BCUT2D eigenvalue weighted by Gasteiger charge is 2.27. The van der Waals surface area contributed by atoms with Crippen LogP contribution in [0.25, 0.3) is 17.0 Å². The minimum Gasteiger partial charge on any atom is -0.348 e. The summed E-state index contributed by atoms with van der Waals surface area (Å²) in [6, 6.07) is 21.2. The molecule has 0 amide bonds. The van der Waals surface area contributed by atoms with E-state index < -0.39 is 0 Å². The first kappa shape index (κ1) is 15.9. The van der Waals surface area contributed by atoms with Gasteiger partial charge in [-0.1, -0.05) is 42.5 Å². The molecule has 2 aromatic heterocycles. The van der Waals surface area contributed by atoms with Crippen LogP contribution in [0.15, 0.2) is 66.7 Å². The molecule has 0 radical (unpaired) electrons. The first-order valence-corrected chi connectivity index (χ1v) is 9.10. The quantitative estimate of drug-likeness (QED) is 0.548. The van der Waals surface area contributed by atoms with E-state index in [4.69, 9.17) is 5.10 Å². The van der Waals surface area contributed by atoms with Crippen LogP contribution < -0.4 is 4.90 Å². The van der Waals surface area contributed by atoms with Gasteiger partial charge in [-0.15, -0.1) is 15.3 Å². The van der Waals surface area contributed by atoms with Gasteiger partial charge in [0.1, 0.15) is 11.6 Å². The lowest BCUT2D eigenvalue weighted by Gasteiger charge is -2.26. The molecule has 1 aliphatic rings. The van der Waals surface area contributed by atoms with Crippen molar-refractivity contribution in [2.24, 2.45) is 0 Å². The summed E-state index contributed by atoms with van der Waals surface area (Å²) in [5.41, 5.74) is 2.29. The van der Waals surface area contributed by atoms with Crippen molar-refractivity contribution in [1.82, 2.24) is 19.8 Å². The van der Waals surface area contributed by atoms with Gasteiger partial charge in [0.05, 0.1) is 11.6 Å². The van der Waals surface area contributed by atoms with Gasteiger partial charge in [0.2, 0.25) is 0 Å². The third-order valence-corrected chi connectivity index (χ3v) is 5.09. The minimum atomic E-state index is -0.331. The summed E-state index contributed by atoms with van der Waals surface area (Å²) in [6.07, 6.45) is 2.20. The summed E-state index contributed by atoms with van der Waals surface area (Å²) in [7, 11) is 0. The second kappa shape index (κ2) is 6.46. The molecule has 4 aromatic rings. The fraction of sp³-hybridized carbons (Fsp3) is 0.190. The number of anilines is 1. The number of halogens is 1. The molecule has 0 spiro atoms. The molecule has 27 heavy (non-hydrogen) atoms. The monoisotopic (exact) mass is 359 g/mol. The van der Waals surface area contributed by atoms with Crippen LogP contribution in [0.4, 0.5) is 10.2 Å². The molecular formula is C21H18FN5. The first-order chi connectivity index (χ1) is 13.3. The van der Waals surface area contributed by atoms with Gasteiger partial charge in [-0.3, -0.25) is 0 Å². The van der Waals surface area contributed by atoms with Gasteiger partial charge in [-0.25, -0.2) is 4.39 Å². The molecule has 0 bridgehead atoms.